The number of hydrogen-bond acceptors (Lipinski definition) is 2. The molecule has 1 aromatic carbocycles. The predicted molar refractivity (Wildman–Crippen MR) is 73.4 cm³/mol. The summed E-state index contributed by atoms with van der Waals surface area (Å²) in [5.41, 5.74) is 2.45. The molecule has 0 unspecified atom stereocenters. The monoisotopic (exact) mass is 263 g/mol. The Morgan fingerprint density at radius 1 is 1.28 bits per heavy atom. The quantitative estimate of drug-likeness (QED) is 0.925. The molecule has 1 aliphatic rings. The number of H-pyrrole nitrogens is 1. The molecule has 3 rings (SSSR count). The Balaban J connectivity index is 1.66. The first-order chi connectivity index (χ1) is 8.62. The molecule has 96 valence electrons. The first-order valence-electron chi connectivity index (χ1n) is 6.39. The molecule has 2 aromatic rings. The average Bonchev–Trinajstić information content (AvgIpc) is 2.92. The van der Waals surface area contributed by atoms with E-state index >= 15 is 0 Å². The molecule has 1 aromatic heterocycles. The van der Waals surface area contributed by atoms with Gasteiger partial charge in [0.25, 0.3) is 0 Å². The van der Waals surface area contributed by atoms with E-state index in [4.69, 9.17) is 0 Å². The van der Waals surface area contributed by atoms with E-state index in [1.54, 1.807) is 0 Å². The van der Waals surface area contributed by atoms with Crippen LogP contribution in [-0.4, -0.2) is 24.9 Å². The van der Waals surface area contributed by atoms with Crippen LogP contribution in [0.25, 0.3) is 10.9 Å². The maximum absolute atomic E-state index is 11.4. The molecule has 1 atom stereocenters. The first kappa shape index (κ1) is 11.8. The topological polar surface area (TPSA) is 49.9 Å². The Bertz CT molecular complexity index is 657. The van der Waals surface area contributed by atoms with E-state index in [-0.39, 0.29) is 0 Å². The van der Waals surface area contributed by atoms with Crippen LogP contribution in [0.3, 0.4) is 0 Å². The van der Waals surface area contributed by atoms with Crippen LogP contribution in [0.4, 0.5) is 0 Å². The van der Waals surface area contributed by atoms with Crippen molar-refractivity contribution < 1.29 is 8.42 Å². The second-order valence-corrected chi connectivity index (χ2v) is 7.44. The van der Waals surface area contributed by atoms with Crippen LogP contribution >= 0.6 is 0 Å². The van der Waals surface area contributed by atoms with E-state index in [0.717, 1.165) is 24.8 Å². The number of aromatic amines is 1. The standard InChI is InChI=1S/C14H17NO2S/c16-18(17)8-6-12(10-18)2-1-11-3-4-14-13(9-11)5-7-15-14/h3-5,7,9,12,15H,1-2,6,8,10H2/t12-/m1/s1. The van der Waals surface area contributed by atoms with Crippen molar-refractivity contribution in [3.63, 3.8) is 0 Å². The highest BCUT2D eigenvalue weighted by molar-refractivity contribution is 7.91. The lowest BCUT2D eigenvalue weighted by molar-refractivity contribution is 0.542. The molecule has 2 heterocycles. The lowest BCUT2D eigenvalue weighted by Gasteiger charge is -2.07. The average molecular weight is 263 g/mol. The molecular formula is C14H17NO2S. The zero-order valence-electron chi connectivity index (χ0n) is 10.2. The third-order valence-corrected chi connectivity index (χ3v) is 5.62. The zero-order valence-corrected chi connectivity index (χ0v) is 11.0. The summed E-state index contributed by atoms with van der Waals surface area (Å²) in [4.78, 5) is 3.18. The van der Waals surface area contributed by atoms with Crippen LogP contribution in [0.15, 0.2) is 30.5 Å². The summed E-state index contributed by atoms with van der Waals surface area (Å²) in [6.07, 6.45) is 4.74. The summed E-state index contributed by atoms with van der Waals surface area (Å²) in [6.45, 7) is 0. The summed E-state index contributed by atoms with van der Waals surface area (Å²) in [5, 5.41) is 1.23. The van der Waals surface area contributed by atoms with Crippen LogP contribution in [0.2, 0.25) is 0 Å². The summed E-state index contributed by atoms with van der Waals surface area (Å²) in [6, 6.07) is 8.48. The maximum atomic E-state index is 11.4. The van der Waals surface area contributed by atoms with Gasteiger partial charge in [-0.15, -0.1) is 0 Å². The molecule has 0 radical (unpaired) electrons. The van der Waals surface area contributed by atoms with E-state index in [1.165, 1.54) is 10.9 Å². The smallest absolute Gasteiger partial charge is 0.150 e. The number of benzene rings is 1. The van der Waals surface area contributed by atoms with Crippen LogP contribution in [0.5, 0.6) is 0 Å². The molecule has 4 heteroatoms. The fraction of sp³-hybridized carbons (Fsp3) is 0.429. The van der Waals surface area contributed by atoms with Crippen LogP contribution in [0.1, 0.15) is 18.4 Å². The molecule has 0 bridgehead atoms. The highest BCUT2D eigenvalue weighted by Crippen LogP contribution is 2.24. The van der Waals surface area contributed by atoms with Gasteiger partial charge in [-0.25, -0.2) is 8.42 Å². The fourth-order valence-corrected chi connectivity index (χ4v) is 4.64. The number of rotatable bonds is 3. The van der Waals surface area contributed by atoms with Crippen molar-refractivity contribution in [3.05, 3.63) is 36.0 Å². The van der Waals surface area contributed by atoms with Gasteiger partial charge in [-0.1, -0.05) is 6.07 Å². The van der Waals surface area contributed by atoms with Gasteiger partial charge in [0.2, 0.25) is 0 Å². The van der Waals surface area contributed by atoms with Gasteiger partial charge in [0, 0.05) is 11.7 Å². The Morgan fingerprint density at radius 2 is 2.17 bits per heavy atom. The predicted octanol–water partition coefficient (Wildman–Crippen LogP) is 2.54. The minimum absolute atomic E-state index is 0.358. The van der Waals surface area contributed by atoms with Crippen molar-refractivity contribution >= 4 is 20.7 Å². The van der Waals surface area contributed by atoms with E-state index in [0.29, 0.717) is 17.4 Å². The molecule has 0 aliphatic carbocycles. The molecule has 1 aliphatic heterocycles. The fourth-order valence-electron chi connectivity index (χ4n) is 2.73. The Morgan fingerprint density at radius 3 is 2.94 bits per heavy atom. The molecule has 3 nitrogen and oxygen atoms in total. The Labute approximate surface area is 107 Å². The zero-order chi connectivity index (χ0) is 12.6. The Hall–Kier alpha value is -1.29. The van der Waals surface area contributed by atoms with E-state index in [9.17, 15) is 8.42 Å². The number of aromatic nitrogens is 1. The number of hydrogen-bond donors (Lipinski definition) is 1. The molecular weight excluding hydrogens is 246 g/mol. The third-order valence-electron chi connectivity index (χ3n) is 3.79. The third kappa shape index (κ3) is 2.43. The molecule has 1 fully saturated rings. The van der Waals surface area contributed by atoms with Gasteiger partial charge < -0.3 is 4.98 Å². The van der Waals surface area contributed by atoms with Crippen molar-refractivity contribution in [3.8, 4) is 0 Å². The van der Waals surface area contributed by atoms with Gasteiger partial charge in [-0.3, -0.25) is 0 Å². The van der Waals surface area contributed by atoms with Crippen molar-refractivity contribution in [2.24, 2.45) is 5.92 Å². The number of nitrogens with one attached hydrogen (secondary N) is 1. The number of aryl methyl sites for hydroxylation is 1. The largest absolute Gasteiger partial charge is 0.361 e. The lowest BCUT2D eigenvalue weighted by atomic mass is 9.98. The van der Waals surface area contributed by atoms with Crippen molar-refractivity contribution in [1.29, 1.82) is 0 Å². The highest BCUT2D eigenvalue weighted by Gasteiger charge is 2.27. The highest BCUT2D eigenvalue weighted by atomic mass is 32.2. The van der Waals surface area contributed by atoms with Gasteiger partial charge >= 0.3 is 0 Å². The number of fused-ring (bicyclic) bond motifs is 1. The van der Waals surface area contributed by atoms with Gasteiger partial charge in [0.15, 0.2) is 9.84 Å². The van der Waals surface area contributed by atoms with Gasteiger partial charge in [-0.2, -0.15) is 0 Å². The number of sulfone groups is 1. The van der Waals surface area contributed by atoms with Gasteiger partial charge in [0.05, 0.1) is 11.5 Å². The summed E-state index contributed by atoms with van der Waals surface area (Å²) in [7, 11) is -2.73. The maximum Gasteiger partial charge on any atom is 0.150 e. The summed E-state index contributed by atoms with van der Waals surface area (Å²) >= 11 is 0. The Kier molecular flexibility index (Phi) is 2.90. The van der Waals surface area contributed by atoms with Crippen molar-refractivity contribution in [1.82, 2.24) is 4.98 Å². The first-order valence-corrected chi connectivity index (χ1v) is 8.21. The normalized spacial score (nSPS) is 22.6. The minimum Gasteiger partial charge on any atom is -0.361 e. The second kappa shape index (κ2) is 4.43. The van der Waals surface area contributed by atoms with Crippen LogP contribution in [-0.2, 0) is 16.3 Å². The van der Waals surface area contributed by atoms with Crippen LogP contribution < -0.4 is 0 Å². The van der Waals surface area contributed by atoms with Gasteiger partial charge in [0.1, 0.15) is 0 Å². The SMILES string of the molecule is O=S1(=O)CC[C@@H](CCc2ccc3[nH]ccc3c2)C1. The van der Waals surface area contributed by atoms with Gasteiger partial charge in [-0.05, 0) is 54.3 Å². The molecule has 18 heavy (non-hydrogen) atoms. The van der Waals surface area contributed by atoms with E-state index in [2.05, 4.69) is 29.2 Å². The molecule has 1 N–H and O–H groups in total. The summed E-state index contributed by atoms with van der Waals surface area (Å²) in [5.74, 6) is 1.13. The molecule has 1 saturated heterocycles. The van der Waals surface area contributed by atoms with E-state index in [1.807, 2.05) is 6.20 Å². The van der Waals surface area contributed by atoms with Crippen LogP contribution in [0, 0.1) is 5.92 Å². The van der Waals surface area contributed by atoms with Crippen molar-refractivity contribution in [2.45, 2.75) is 19.3 Å². The second-order valence-electron chi connectivity index (χ2n) is 5.21. The molecule has 0 spiro atoms. The lowest BCUT2D eigenvalue weighted by Crippen LogP contribution is -2.05. The molecule has 0 amide bonds. The molecule has 0 saturated carbocycles. The van der Waals surface area contributed by atoms with E-state index < -0.39 is 9.84 Å². The van der Waals surface area contributed by atoms with Crippen molar-refractivity contribution in [2.75, 3.05) is 11.5 Å². The summed E-state index contributed by atoms with van der Waals surface area (Å²) < 4.78 is 22.8. The minimum atomic E-state index is -2.73.